The number of hydrogen-bond donors (Lipinski definition) is 1. The lowest BCUT2D eigenvalue weighted by molar-refractivity contribution is 0.478. The third-order valence-electron chi connectivity index (χ3n) is 5.07. The van der Waals surface area contributed by atoms with E-state index in [9.17, 15) is 5.11 Å². The molecule has 1 nitrogen and oxygen atoms in total. The van der Waals surface area contributed by atoms with E-state index in [1.165, 1.54) is 11.1 Å². The monoisotopic (exact) mass is 324 g/mol. The van der Waals surface area contributed by atoms with Gasteiger partial charge in [0.1, 0.15) is 5.75 Å². The molecule has 0 radical (unpaired) electrons. The van der Waals surface area contributed by atoms with E-state index in [4.69, 9.17) is 0 Å². The van der Waals surface area contributed by atoms with Crippen LogP contribution in [-0.2, 0) is 6.42 Å². The second kappa shape index (κ2) is 6.75. The van der Waals surface area contributed by atoms with E-state index in [0.717, 1.165) is 11.6 Å². The van der Waals surface area contributed by atoms with Crippen LogP contribution >= 0.6 is 0 Å². The van der Waals surface area contributed by atoms with E-state index in [1.807, 2.05) is 18.2 Å². The van der Waals surface area contributed by atoms with Crippen molar-refractivity contribution in [2.24, 2.45) is 0 Å². The van der Waals surface area contributed by atoms with E-state index in [1.54, 1.807) is 0 Å². The van der Waals surface area contributed by atoms with Gasteiger partial charge in [-0.25, -0.2) is 0 Å². The molecule has 1 N–H and O–H groups in total. The largest absolute Gasteiger partial charge is 0.508 e. The molecular weight excluding hydrogens is 296 g/mol. The second-order valence-corrected chi connectivity index (χ2v) is 13.0. The van der Waals surface area contributed by atoms with Gasteiger partial charge in [0.05, 0.1) is 8.07 Å². The molecule has 23 heavy (non-hydrogen) atoms. The van der Waals surface area contributed by atoms with Crippen molar-refractivity contribution in [1.82, 2.24) is 0 Å². The minimum absolute atomic E-state index is 0.211. The Morgan fingerprint density at radius 2 is 1.65 bits per heavy atom. The van der Waals surface area contributed by atoms with Crippen LogP contribution in [-0.4, -0.2) is 13.2 Å². The molecule has 0 aliphatic heterocycles. The molecule has 2 heteroatoms. The van der Waals surface area contributed by atoms with Crippen molar-refractivity contribution < 1.29 is 5.11 Å². The molecule has 0 bridgehead atoms. The van der Waals surface area contributed by atoms with Gasteiger partial charge in [0.25, 0.3) is 0 Å². The Balaban J connectivity index is 2.23. The summed E-state index contributed by atoms with van der Waals surface area (Å²) in [5.41, 5.74) is 2.48. The quantitative estimate of drug-likeness (QED) is 0.750. The van der Waals surface area contributed by atoms with Crippen LogP contribution in [0.25, 0.3) is 6.08 Å². The number of hydrogen-bond acceptors (Lipinski definition) is 1. The normalized spacial score (nSPS) is 12.7. The van der Waals surface area contributed by atoms with Crippen molar-refractivity contribution in [2.75, 3.05) is 0 Å². The van der Waals surface area contributed by atoms with Gasteiger partial charge in [0.2, 0.25) is 0 Å². The van der Waals surface area contributed by atoms with Crippen molar-refractivity contribution in [3.63, 3.8) is 0 Å². The number of rotatable bonds is 4. The molecule has 0 aromatic heterocycles. The van der Waals surface area contributed by atoms with E-state index in [2.05, 4.69) is 76.3 Å². The first-order valence-corrected chi connectivity index (χ1v) is 11.3. The van der Waals surface area contributed by atoms with E-state index in [0.29, 0.717) is 5.75 Å². The summed E-state index contributed by atoms with van der Waals surface area (Å²) >= 11 is 0. The van der Waals surface area contributed by atoms with Crippen LogP contribution in [0.5, 0.6) is 5.75 Å². The summed E-state index contributed by atoms with van der Waals surface area (Å²) in [7, 11) is -1.73. The predicted molar refractivity (Wildman–Crippen MR) is 104 cm³/mol. The van der Waals surface area contributed by atoms with Crippen molar-refractivity contribution in [2.45, 2.75) is 45.3 Å². The molecule has 0 amide bonds. The maximum Gasteiger partial charge on any atom is 0.114 e. The summed E-state index contributed by atoms with van der Waals surface area (Å²) in [6, 6.07) is 16.4. The SMILES string of the molecule is CC(C)(C)[Si](C)(C)c1cc(CC=Cc2ccccc2)ccc1O. The summed E-state index contributed by atoms with van der Waals surface area (Å²) in [6.45, 7) is 11.5. The zero-order chi connectivity index (χ0) is 17.1. The first-order valence-electron chi connectivity index (χ1n) is 8.26. The first-order chi connectivity index (χ1) is 10.7. The molecule has 0 spiro atoms. The number of allylic oxidation sites excluding steroid dienone is 1. The first kappa shape index (κ1) is 17.5. The fourth-order valence-corrected chi connectivity index (χ4v) is 4.59. The van der Waals surface area contributed by atoms with Crippen molar-refractivity contribution >= 4 is 19.3 Å². The standard InChI is InChI=1S/C21H28OSi/c1-21(2,3)23(4,5)20-16-18(14-15-19(20)22)13-9-12-17-10-7-6-8-11-17/h6-12,14-16,22H,13H2,1-5H3. The highest BCUT2D eigenvalue weighted by molar-refractivity contribution is 6.92. The summed E-state index contributed by atoms with van der Waals surface area (Å²) in [5, 5.41) is 11.7. The molecular formula is C21H28OSi. The number of phenols is 1. The number of benzene rings is 2. The van der Waals surface area contributed by atoms with Crippen molar-refractivity contribution in [3.05, 3.63) is 65.7 Å². The van der Waals surface area contributed by atoms with Gasteiger partial charge in [-0.05, 0) is 33.8 Å². The maximum atomic E-state index is 10.4. The Hall–Kier alpha value is -1.80. The Kier molecular flexibility index (Phi) is 5.15. The van der Waals surface area contributed by atoms with Crippen LogP contribution in [0.4, 0.5) is 0 Å². The average molecular weight is 325 g/mol. The third-order valence-corrected chi connectivity index (χ3v) is 10.6. The fraction of sp³-hybridized carbons (Fsp3) is 0.333. The molecule has 2 aromatic rings. The van der Waals surface area contributed by atoms with Crippen molar-refractivity contribution in [1.29, 1.82) is 0 Å². The minimum atomic E-state index is -1.73. The molecule has 2 rings (SSSR count). The minimum Gasteiger partial charge on any atom is -0.508 e. The summed E-state index contributed by atoms with van der Waals surface area (Å²) in [6.07, 6.45) is 5.23. The van der Waals surface area contributed by atoms with Gasteiger partial charge in [0.15, 0.2) is 0 Å². The van der Waals surface area contributed by atoms with Crippen LogP contribution in [0.1, 0.15) is 31.9 Å². The molecule has 0 saturated carbocycles. The smallest absolute Gasteiger partial charge is 0.114 e. The third kappa shape index (κ3) is 4.14. The van der Waals surface area contributed by atoms with Crippen LogP contribution in [0.3, 0.4) is 0 Å². The van der Waals surface area contributed by atoms with Gasteiger partial charge in [-0.3, -0.25) is 0 Å². The topological polar surface area (TPSA) is 20.2 Å². The summed E-state index contributed by atoms with van der Waals surface area (Å²) in [4.78, 5) is 0. The molecule has 0 saturated heterocycles. The molecule has 0 atom stereocenters. The average Bonchev–Trinajstić information content (AvgIpc) is 2.49. The number of aromatic hydroxyl groups is 1. The van der Waals surface area contributed by atoms with Gasteiger partial charge < -0.3 is 5.11 Å². The van der Waals surface area contributed by atoms with Gasteiger partial charge in [-0.1, -0.05) is 88.5 Å². The predicted octanol–water partition coefficient (Wildman–Crippen LogP) is 5.36. The Morgan fingerprint density at radius 1 is 1.00 bits per heavy atom. The molecule has 0 fully saturated rings. The van der Waals surface area contributed by atoms with E-state index < -0.39 is 8.07 Å². The fourth-order valence-electron chi connectivity index (χ4n) is 2.51. The van der Waals surface area contributed by atoms with Crippen LogP contribution in [0.2, 0.25) is 18.1 Å². The molecule has 0 aliphatic rings. The zero-order valence-corrected chi connectivity index (χ0v) is 15.9. The van der Waals surface area contributed by atoms with Gasteiger partial charge >= 0.3 is 0 Å². The van der Waals surface area contributed by atoms with Gasteiger partial charge in [-0.15, -0.1) is 0 Å². The lowest BCUT2D eigenvalue weighted by atomic mass is 10.1. The second-order valence-electron chi connectivity index (χ2n) is 7.74. The molecule has 122 valence electrons. The van der Waals surface area contributed by atoms with E-state index >= 15 is 0 Å². The zero-order valence-electron chi connectivity index (χ0n) is 14.9. The molecule has 2 aromatic carbocycles. The highest BCUT2D eigenvalue weighted by atomic mass is 28.3. The highest BCUT2D eigenvalue weighted by Gasteiger charge is 2.38. The van der Waals surface area contributed by atoms with Gasteiger partial charge in [0, 0.05) is 0 Å². The Bertz CT molecular complexity index is 679. The summed E-state index contributed by atoms with van der Waals surface area (Å²) < 4.78 is 0. The number of phenolic OH excluding ortho intramolecular Hbond substituents is 1. The van der Waals surface area contributed by atoms with E-state index in [-0.39, 0.29) is 5.04 Å². The van der Waals surface area contributed by atoms with Crippen LogP contribution < -0.4 is 5.19 Å². The maximum absolute atomic E-state index is 10.4. The lowest BCUT2D eigenvalue weighted by Crippen LogP contribution is -2.49. The Labute approximate surface area is 141 Å². The lowest BCUT2D eigenvalue weighted by Gasteiger charge is -2.37. The van der Waals surface area contributed by atoms with Crippen LogP contribution in [0, 0.1) is 0 Å². The van der Waals surface area contributed by atoms with Crippen molar-refractivity contribution in [3.8, 4) is 5.75 Å². The Morgan fingerprint density at radius 3 is 2.26 bits per heavy atom. The summed E-state index contributed by atoms with van der Waals surface area (Å²) in [5.74, 6) is 0.451. The molecule has 0 heterocycles. The van der Waals surface area contributed by atoms with Gasteiger partial charge in [-0.2, -0.15) is 0 Å². The molecule has 0 unspecified atom stereocenters. The highest BCUT2D eigenvalue weighted by Crippen LogP contribution is 2.37. The molecule has 0 aliphatic carbocycles. The van der Waals surface area contributed by atoms with Crippen LogP contribution in [0.15, 0.2) is 54.6 Å².